The quantitative estimate of drug-likeness (QED) is 0.832. The van der Waals surface area contributed by atoms with Crippen molar-refractivity contribution in [2.45, 2.75) is 31.8 Å². The Bertz CT molecular complexity index is 334. The fourth-order valence-corrected chi connectivity index (χ4v) is 2.94. The summed E-state index contributed by atoms with van der Waals surface area (Å²) in [6.07, 6.45) is 2.15. The Hall–Kier alpha value is -0.870. The first-order valence-electron chi connectivity index (χ1n) is 5.29. The van der Waals surface area contributed by atoms with Crippen LogP contribution in [-0.2, 0) is 4.79 Å². The molecule has 0 radical (unpaired) electrons. The molecule has 4 heteroatoms. The molecule has 1 aliphatic heterocycles. The first-order chi connectivity index (χ1) is 7.20. The van der Waals surface area contributed by atoms with Crippen molar-refractivity contribution in [1.82, 2.24) is 4.90 Å². The van der Waals surface area contributed by atoms with Crippen LogP contribution in [0.2, 0.25) is 0 Å². The molecule has 3 nitrogen and oxygen atoms in total. The zero-order valence-electron chi connectivity index (χ0n) is 8.85. The zero-order chi connectivity index (χ0) is 10.8. The lowest BCUT2D eigenvalue weighted by Gasteiger charge is -2.25. The van der Waals surface area contributed by atoms with Gasteiger partial charge in [0, 0.05) is 11.4 Å². The minimum absolute atomic E-state index is 0.0749. The van der Waals surface area contributed by atoms with Gasteiger partial charge in [0.05, 0.1) is 12.1 Å². The first kappa shape index (κ1) is 10.6. The van der Waals surface area contributed by atoms with Gasteiger partial charge in [0.25, 0.3) is 0 Å². The number of likely N-dealkylation sites (tertiary alicyclic amines) is 1. The van der Waals surface area contributed by atoms with E-state index in [2.05, 4.69) is 11.4 Å². The summed E-state index contributed by atoms with van der Waals surface area (Å²) in [4.78, 5) is 15.1. The second-order valence-corrected chi connectivity index (χ2v) is 4.97. The number of amides is 1. The first-order valence-corrected chi connectivity index (χ1v) is 6.17. The van der Waals surface area contributed by atoms with Crippen molar-refractivity contribution in [2.75, 3.05) is 6.54 Å². The van der Waals surface area contributed by atoms with Crippen LogP contribution in [-0.4, -0.2) is 23.4 Å². The molecule has 82 valence electrons. The number of nitrogens with zero attached hydrogens (tertiary/aromatic N) is 1. The molecule has 1 saturated heterocycles. The lowest BCUT2D eigenvalue weighted by molar-refractivity contribution is -0.133. The number of nitrogens with two attached hydrogens (primary N) is 1. The predicted octanol–water partition coefficient (Wildman–Crippen LogP) is 1.76. The third kappa shape index (κ3) is 2.06. The second-order valence-electron chi connectivity index (χ2n) is 3.99. The molecule has 2 rings (SSSR count). The molecular formula is C11H16N2OS. The monoisotopic (exact) mass is 224 g/mol. The van der Waals surface area contributed by atoms with Gasteiger partial charge in [0.2, 0.25) is 5.91 Å². The fourth-order valence-electron chi connectivity index (χ4n) is 2.07. The molecule has 0 spiro atoms. The number of thiophene rings is 1. The SMILES string of the molecule is C[C@H](N)C(=O)N1CCCC1c1cccs1. The molecule has 0 saturated carbocycles. The van der Waals surface area contributed by atoms with E-state index in [-0.39, 0.29) is 18.0 Å². The van der Waals surface area contributed by atoms with E-state index in [1.807, 2.05) is 11.0 Å². The molecule has 2 N–H and O–H groups in total. The summed E-state index contributed by atoms with van der Waals surface area (Å²) in [6, 6.07) is 4.02. The summed E-state index contributed by atoms with van der Waals surface area (Å²) >= 11 is 1.72. The maximum absolute atomic E-state index is 11.9. The highest BCUT2D eigenvalue weighted by Crippen LogP contribution is 2.34. The summed E-state index contributed by atoms with van der Waals surface area (Å²) in [6.45, 7) is 2.61. The minimum Gasteiger partial charge on any atom is -0.334 e. The standard InChI is InChI=1S/C11H16N2OS/c1-8(12)11(14)13-6-2-4-9(13)10-5-3-7-15-10/h3,5,7-9H,2,4,6,12H2,1H3/t8-,9?/m0/s1. The number of rotatable bonds is 2. The largest absolute Gasteiger partial charge is 0.334 e. The zero-order valence-corrected chi connectivity index (χ0v) is 9.67. The highest BCUT2D eigenvalue weighted by atomic mass is 32.1. The molecule has 0 bridgehead atoms. The van der Waals surface area contributed by atoms with E-state index in [1.165, 1.54) is 4.88 Å². The molecule has 2 atom stereocenters. The van der Waals surface area contributed by atoms with E-state index in [1.54, 1.807) is 18.3 Å². The molecular weight excluding hydrogens is 208 g/mol. The Balaban J connectivity index is 2.15. The Morgan fingerprint density at radius 3 is 3.13 bits per heavy atom. The Morgan fingerprint density at radius 1 is 1.73 bits per heavy atom. The van der Waals surface area contributed by atoms with Crippen LogP contribution in [0.3, 0.4) is 0 Å². The van der Waals surface area contributed by atoms with Gasteiger partial charge in [-0.2, -0.15) is 0 Å². The van der Waals surface area contributed by atoms with Crippen LogP contribution < -0.4 is 5.73 Å². The van der Waals surface area contributed by atoms with Crippen molar-refractivity contribution in [3.63, 3.8) is 0 Å². The number of hydrogen-bond donors (Lipinski definition) is 1. The van der Waals surface area contributed by atoms with Crippen LogP contribution in [0.5, 0.6) is 0 Å². The van der Waals surface area contributed by atoms with Gasteiger partial charge < -0.3 is 10.6 Å². The highest BCUT2D eigenvalue weighted by molar-refractivity contribution is 7.10. The van der Waals surface area contributed by atoms with Gasteiger partial charge in [-0.15, -0.1) is 11.3 Å². The lowest BCUT2D eigenvalue weighted by Crippen LogP contribution is -2.41. The molecule has 1 aromatic heterocycles. The van der Waals surface area contributed by atoms with Crippen LogP contribution in [0, 0.1) is 0 Å². The van der Waals surface area contributed by atoms with Crippen molar-refractivity contribution >= 4 is 17.2 Å². The summed E-state index contributed by atoms with van der Waals surface area (Å²) in [5, 5.41) is 2.06. The van der Waals surface area contributed by atoms with Gasteiger partial charge in [-0.05, 0) is 31.2 Å². The molecule has 1 fully saturated rings. The van der Waals surface area contributed by atoms with Crippen LogP contribution >= 0.6 is 11.3 Å². The van der Waals surface area contributed by atoms with Crippen LogP contribution in [0.4, 0.5) is 0 Å². The fraction of sp³-hybridized carbons (Fsp3) is 0.545. The minimum atomic E-state index is -0.384. The highest BCUT2D eigenvalue weighted by Gasteiger charge is 2.31. The van der Waals surface area contributed by atoms with Crippen molar-refractivity contribution in [2.24, 2.45) is 5.73 Å². The van der Waals surface area contributed by atoms with E-state index >= 15 is 0 Å². The normalized spacial score (nSPS) is 23.1. The average molecular weight is 224 g/mol. The second kappa shape index (κ2) is 4.33. The van der Waals surface area contributed by atoms with Gasteiger partial charge in [-0.1, -0.05) is 6.07 Å². The molecule has 0 aliphatic carbocycles. The maximum atomic E-state index is 11.9. The van der Waals surface area contributed by atoms with Crippen molar-refractivity contribution < 1.29 is 4.79 Å². The van der Waals surface area contributed by atoms with E-state index in [0.717, 1.165) is 19.4 Å². The van der Waals surface area contributed by atoms with Crippen molar-refractivity contribution in [3.05, 3.63) is 22.4 Å². The number of hydrogen-bond acceptors (Lipinski definition) is 3. The summed E-state index contributed by atoms with van der Waals surface area (Å²) in [5.74, 6) is 0.0749. The van der Waals surface area contributed by atoms with Crippen LogP contribution in [0.1, 0.15) is 30.7 Å². The van der Waals surface area contributed by atoms with Crippen molar-refractivity contribution in [3.8, 4) is 0 Å². The molecule has 1 amide bonds. The third-order valence-corrected chi connectivity index (χ3v) is 3.77. The third-order valence-electron chi connectivity index (χ3n) is 2.80. The Morgan fingerprint density at radius 2 is 2.53 bits per heavy atom. The van der Waals surface area contributed by atoms with Gasteiger partial charge in [0.1, 0.15) is 0 Å². The Labute approximate surface area is 93.9 Å². The summed E-state index contributed by atoms with van der Waals surface area (Å²) < 4.78 is 0. The van der Waals surface area contributed by atoms with Crippen molar-refractivity contribution in [1.29, 1.82) is 0 Å². The van der Waals surface area contributed by atoms with Gasteiger partial charge >= 0.3 is 0 Å². The predicted molar refractivity (Wildman–Crippen MR) is 61.7 cm³/mol. The molecule has 1 aromatic rings. The van der Waals surface area contributed by atoms with E-state index < -0.39 is 0 Å². The summed E-state index contributed by atoms with van der Waals surface area (Å²) in [5.41, 5.74) is 5.64. The number of carbonyl (C=O) groups is 1. The summed E-state index contributed by atoms with van der Waals surface area (Å²) in [7, 11) is 0. The molecule has 2 heterocycles. The molecule has 1 aliphatic rings. The van der Waals surface area contributed by atoms with Gasteiger partial charge in [-0.25, -0.2) is 0 Å². The topological polar surface area (TPSA) is 46.3 Å². The van der Waals surface area contributed by atoms with Crippen LogP contribution in [0.25, 0.3) is 0 Å². The van der Waals surface area contributed by atoms with E-state index in [9.17, 15) is 4.79 Å². The maximum Gasteiger partial charge on any atom is 0.239 e. The molecule has 1 unspecified atom stereocenters. The number of carbonyl (C=O) groups excluding carboxylic acids is 1. The smallest absolute Gasteiger partial charge is 0.239 e. The lowest BCUT2D eigenvalue weighted by atomic mass is 10.2. The molecule has 15 heavy (non-hydrogen) atoms. The Kier molecular flexibility index (Phi) is 3.07. The average Bonchev–Trinajstić information content (AvgIpc) is 2.86. The van der Waals surface area contributed by atoms with Gasteiger partial charge in [-0.3, -0.25) is 4.79 Å². The van der Waals surface area contributed by atoms with Crippen LogP contribution in [0.15, 0.2) is 17.5 Å². The van der Waals surface area contributed by atoms with E-state index in [0.29, 0.717) is 0 Å². The van der Waals surface area contributed by atoms with Gasteiger partial charge in [0.15, 0.2) is 0 Å². The molecule has 0 aromatic carbocycles. The van der Waals surface area contributed by atoms with E-state index in [4.69, 9.17) is 5.73 Å².